The van der Waals surface area contributed by atoms with Crippen molar-refractivity contribution in [1.29, 1.82) is 0 Å². The topological polar surface area (TPSA) is 79.6 Å². The zero-order valence-electron chi connectivity index (χ0n) is 10.3. The lowest BCUT2D eigenvalue weighted by Gasteiger charge is -2.04. The van der Waals surface area contributed by atoms with Crippen molar-refractivity contribution in [2.45, 2.75) is 6.42 Å². The minimum Gasteiger partial charge on any atom is -0.384 e. The summed E-state index contributed by atoms with van der Waals surface area (Å²) < 4.78 is 0. The van der Waals surface area contributed by atoms with E-state index < -0.39 is 0 Å². The molecule has 0 amide bonds. The Bertz CT molecular complexity index is 775. The molecule has 5 nitrogen and oxygen atoms in total. The molecular weight excluding hydrogens is 238 g/mol. The Labute approximate surface area is 109 Å². The number of nitrogen functional groups attached to an aromatic ring is 1. The summed E-state index contributed by atoms with van der Waals surface area (Å²) in [5.41, 5.74) is 11.5. The molecule has 0 fully saturated rings. The Morgan fingerprint density at radius 3 is 3.11 bits per heavy atom. The number of nitrogens with two attached hydrogens (primary N) is 1. The molecule has 3 aromatic rings. The second-order valence-electron chi connectivity index (χ2n) is 4.73. The number of nitrogens with one attached hydrogen (secondary N) is 2. The van der Waals surface area contributed by atoms with Crippen molar-refractivity contribution >= 4 is 22.5 Å². The summed E-state index contributed by atoms with van der Waals surface area (Å²) >= 11 is 0. The SMILES string of the molecule is Nc1ncnc2[nH]cc(-c3ccc4c(c3)CCN4)c12. The average molecular weight is 251 g/mol. The Balaban J connectivity index is 1.95. The third-order valence-electron chi connectivity index (χ3n) is 3.63. The van der Waals surface area contributed by atoms with Crippen LogP contribution in [-0.2, 0) is 6.42 Å². The molecule has 1 aliphatic heterocycles. The van der Waals surface area contributed by atoms with Crippen LogP contribution in [0.3, 0.4) is 0 Å². The fourth-order valence-corrected chi connectivity index (χ4v) is 2.69. The molecule has 1 aliphatic rings. The Morgan fingerprint density at radius 2 is 2.16 bits per heavy atom. The van der Waals surface area contributed by atoms with Gasteiger partial charge in [0.05, 0.1) is 5.39 Å². The van der Waals surface area contributed by atoms with Crippen LogP contribution in [0, 0.1) is 0 Å². The van der Waals surface area contributed by atoms with Crippen molar-refractivity contribution in [3.05, 3.63) is 36.3 Å². The molecule has 1 aromatic carbocycles. The second kappa shape index (κ2) is 3.71. The largest absolute Gasteiger partial charge is 0.384 e. The number of H-pyrrole nitrogens is 1. The molecule has 0 spiro atoms. The van der Waals surface area contributed by atoms with Gasteiger partial charge in [-0.15, -0.1) is 0 Å². The number of aromatic amines is 1. The van der Waals surface area contributed by atoms with Gasteiger partial charge in [0, 0.05) is 24.0 Å². The molecule has 0 radical (unpaired) electrons. The summed E-state index contributed by atoms with van der Waals surface area (Å²) in [6, 6.07) is 6.44. The standard InChI is InChI=1S/C14H13N5/c15-13-12-10(6-17-14(12)19-7-18-13)8-1-2-11-9(5-8)3-4-16-11/h1-2,5-7,16H,3-4H2,(H3,15,17,18,19). The maximum Gasteiger partial charge on any atom is 0.143 e. The molecule has 0 bridgehead atoms. The van der Waals surface area contributed by atoms with Crippen LogP contribution < -0.4 is 11.1 Å². The van der Waals surface area contributed by atoms with E-state index in [4.69, 9.17) is 5.73 Å². The van der Waals surface area contributed by atoms with Crippen molar-refractivity contribution in [1.82, 2.24) is 15.0 Å². The van der Waals surface area contributed by atoms with Crippen molar-refractivity contribution in [2.75, 3.05) is 17.6 Å². The summed E-state index contributed by atoms with van der Waals surface area (Å²) in [5.74, 6) is 0.514. The van der Waals surface area contributed by atoms with Crippen molar-refractivity contribution in [3.63, 3.8) is 0 Å². The van der Waals surface area contributed by atoms with Gasteiger partial charge in [-0.05, 0) is 29.7 Å². The fourth-order valence-electron chi connectivity index (χ4n) is 2.69. The lowest BCUT2D eigenvalue weighted by Crippen LogP contribution is -1.92. The number of hydrogen-bond donors (Lipinski definition) is 3. The van der Waals surface area contributed by atoms with Crippen LogP contribution >= 0.6 is 0 Å². The highest BCUT2D eigenvalue weighted by atomic mass is 15.0. The maximum absolute atomic E-state index is 5.97. The highest BCUT2D eigenvalue weighted by molar-refractivity contribution is 6.00. The number of anilines is 2. The molecular formula is C14H13N5. The van der Waals surface area contributed by atoms with Crippen LogP contribution in [0.2, 0.25) is 0 Å². The van der Waals surface area contributed by atoms with Gasteiger partial charge >= 0.3 is 0 Å². The molecule has 3 heterocycles. The first-order valence-electron chi connectivity index (χ1n) is 6.27. The van der Waals surface area contributed by atoms with Gasteiger partial charge in [-0.1, -0.05) is 6.07 Å². The van der Waals surface area contributed by atoms with Crippen molar-refractivity contribution in [3.8, 4) is 11.1 Å². The van der Waals surface area contributed by atoms with E-state index in [1.165, 1.54) is 17.6 Å². The van der Waals surface area contributed by atoms with E-state index in [9.17, 15) is 0 Å². The molecule has 2 aromatic heterocycles. The molecule has 5 heteroatoms. The summed E-state index contributed by atoms with van der Waals surface area (Å²) in [7, 11) is 0. The summed E-state index contributed by atoms with van der Waals surface area (Å²) in [6.07, 6.45) is 4.49. The van der Waals surface area contributed by atoms with E-state index in [1.54, 1.807) is 0 Å². The van der Waals surface area contributed by atoms with Crippen molar-refractivity contribution < 1.29 is 0 Å². The lowest BCUT2D eigenvalue weighted by molar-refractivity contribution is 1.11. The van der Waals surface area contributed by atoms with E-state index in [-0.39, 0.29) is 0 Å². The van der Waals surface area contributed by atoms with Crippen LogP contribution in [0.5, 0.6) is 0 Å². The zero-order valence-corrected chi connectivity index (χ0v) is 10.3. The first kappa shape index (κ1) is 10.4. The summed E-state index contributed by atoms with van der Waals surface area (Å²) in [5, 5.41) is 4.26. The molecule has 94 valence electrons. The molecule has 19 heavy (non-hydrogen) atoms. The van der Waals surface area contributed by atoms with E-state index in [1.807, 2.05) is 6.20 Å². The minimum atomic E-state index is 0.514. The van der Waals surface area contributed by atoms with Gasteiger partial charge < -0.3 is 16.0 Å². The van der Waals surface area contributed by atoms with Gasteiger partial charge in [0.1, 0.15) is 17.8 Å². The predicted octanol–water partition coefficient (Wildman–Crippen LogP) is 2.18. The molecule has 4 rings (SSSR count). The third kappa shape index (κ3) is 1.48. The number of fused-ring (bicyclic) bond motifs is 2. The van der Waals surface area contributed by atoms with Gasteiger partial charge in [0.15, 0.2) is 0 Å². The normalized spacial score (nSPS) is 13.5. The number of hydrogen-bond acceptors (Lipinski definition) is 4. The molecule has 0 saturated carbocycles. The second-order valence-corrected chi connectivity index (χ2v) is 4.73. The molecule has 0 aliphatic carbocycles. The van der Waals surface area contributed by atoms with Gasteiger partial charge in [0.2, 0.25) is 0 Å². The predicted molar refractivity (Wildman–Crippen MR) is 75.9 cm³/mol. The number of aromatic nitrogens is 3. The quantitative estimate of drug-likeness (QED) is 0.619. The average Bonchev–Trinajstić information content (AvgIpc) is 3.04. The van der Waals surface area contributed by atoms with E-state index in [0.29, 0.717) is 5.82 Å². The summed E-state index contributed by atoms with van der Waals surface area (Å²) in [4.78, 5) is 11.4. The van der Waals surface area contributed by atoms with E-state index in [2.05, 4.69) is 38.5 Å². The molecule has 0 saturated heterocycles. The molecule has 0 atom stereocenters. The van der Waals surface area contributed by atoms with Gasteiger partial charge in [-0.3, -0.25) is 0 Å². The zero-order chi connectivity index (χ0) is 12.8. The molecule has 4 N–H and O–H groups in total. The van der Waals surface area contributed by atoms with E-state index >= 15 is 0 Å². The van der Waals surface area contributed by atoms with Crippen LogP contribution in [0.1, 0.15) is 5.56 Å². The van der Waals surface area contributed by atoms with Gasteiger partial charge in [-0.25, -0.2) is 9.97 Å². The Morgan fingerprint density at radius 1 is 1.21 bits per heavy atom. The first-order chi connectivity index (χ1) is 9.33. The molecule has 0 unspecified atom stereocenters. The summed E-state index contributed by atoms with van der Waals surface area (Å²) in [6.45, 7) is 1.01. The Kier molecular flexibility index (Phi) is 2.03. The van der Waals surface area contributed by atoms with Crippen LogP contribution in [0.15, 0.2) is 30.7 Å². The number of rotatable bonds is 1. The van der Waals surface area contributed by atoms with E-state index in [0.717, 1.165) is 35.1 Å². The first-order valence-corrected chi connectivity index (χ1v) is 6.27. The van der Waals surface area contributed by atoms with Crippen molar-refractivity contribution in [2.24, 2.45) is 0 Å². The highest BCUT2D eigenvalue weighted by Crippen LogP contribution is 2.33. The minimum absolute atomic E-state index is 0.514. The van der Waals surface area contributed by atoms with Crippen LogP contribution in [0.25, 0.3) is 22.2 Å². The smallest absolute Gasteiger partial charge is 0.143 e. The van der Waals surface area contributed by atoms with Crippen LogP contribution in [0.4, 0.5) is 11.5 Å². The maximum atomic E-state index is 5.97. The number of benzene rings is 1. The lowest BCUT2D eigenvalue weighted by atomic mass is 10.0. The Hall–Kier alpha value is -2.56. The monoisotopic (exact) mass is 251 g/mol. The number of nitrogens with zero attached hydrogens (tertiary/aromatic N) is 2. The van der Waals surface area contributed by atoms with Crippen LogP contribution in [-0.4, -0.2) is 21.5 Å². The van der Waals surface area contributed by atoms with Gasteiger partial charge in [-0.2, -0.15) is 0 Å². The fraction of sp³-hybridized carbons (Fsp3) is 0.143. The highest BCUT2D eigenvalue weighted by Gasteiger charge is 2.14. The third-order valence-corrected chi connectivity index (χ3v) is 3.63. The van der Waals surface area contributed by atoms with Gasteiger partial charge in [0.25, 0.3) is 0 Å².